The Morgan fingerprint density at radius 3 is 1.68 bits per heavy atom. The van der Waals surface area contributed by atoms with Crippen LogP contribution < -0.4 is 9.47 Å². The molecule has 2 aromatic carbocycles. The lowest BCUT2D eigenvalue weighted by molar-refractivity contribution is -0.137. The maximum absolute atomic E-state index is 10.8. The summed E-state index contributed by atoms with van der Waals surface area (Å²) in [5.74, 6) is 1.70. The highest BCUT2D eigenvalue weighted by Crippen LogP contribution is 2.40. The molecule has 0 aliphatic heterocycles. The highest BCUT2D eigenvalue weighted by molar-refractivity contribution is 6.74. The van der Waals surface area contributed by atoms with Crippen LogP contribution in [0.25, 0.3) is 0 Å². The zero-order valence-electron chi connectivity index (χ0n) is 39.3. The van der Waals surface area contributed by atoms with Gasteiger partial charge in [-0.25, -0.2) is 0 Å². The largest absolute Gasteiger partial charge is 0.497 e. The quantitative estimate of drug-likeness (QED) is 0.0350. The third kappa shape index (κ3) is 20.0. The van der Waals surface area contributed by atoms with E-state index in [1.165, 1.54) is 6.42 Å². The molecular formula is C52H82O7Si. The molecule has 7 nitrogen and oxygen atoms in total. The molecule has 2 rings (SSSR count). The smallest absolute Gasteiger partial charge is 0.303 e. The molecule has 0 radical (unpaired) electrons. The van der Waals surface area contributed by atoms with E-state index in [1.54, 1.807) is 14.2 Å². The summed E-state index contributed by atoms with van der Waals surface area (Å²) >= 11 is 0. The molecule has 0 saturated carbocycles. The van der Waals surface area contributed by atoms with E-state index < -0.39 is 14.3 Å². The molecular weight excluding hydrogens is 765 g/mol. The van der Waals surface area contributed by atoms with Crippen LogP contribution in [0.2, 0.25) is 18.1 Å². The molecule has 0 heterocycles. The Hall–Kier alpha value is -3.43. The minimum absolute atomic E-state index is 0.00487. The van der Waals surface area contributed by atoms with Crippen molar-refractivity contribution in [3.05, 3.63) is 109 Å². The summed E-state index contributed by atoms with van der Waals surface area (Å²) in [6, 6.07) is 16.3. The van der Waals surface area contributed by atoms with Gasteiger partial charge in [-0.3, -0.25) is 4.79 Å². The van der Waals surface area contributed by atoms with E-state index in [0.717, 1.165) is 74.0 Å². The average Bonchev–Trinajstić information content (AvgIpc) is 3.22. The lowest BCUT2D eigenvalue weighted by Crippen LogP contribution is -2.49. The second-order valence-corrected chi connectivity index (χ2v) is 23.0. The van der Waals surface area contributed by atoms with Crippen molar-refractivity contribution in [2.75, 3.05) is 14.2 Å². The number of hydrogen-bond donors (Lipinski definition) is 1. The molecule has 0 aliphatic rings. The Kier molecular flexibility index (Phi) is 24.8. The monoisotopic (exact) mass is 847 g/mol. The first kappa shape index (κ1) is 52.7. The highest BCUT2D eigenvalue weighted by Gasteiger charge is 2.42. The van der Waals surface area contributed by atoms with Gasteiger partial charge < -0.3 is 28.5 Å². The Balaban J connectivity index is 2.24. The molecule has 1 N–H and O–H groups in total. The van der Waals surface area contributed by atoms with Crippen LogP contribution in [0, 0.1) is 23.7 Å². The maximum Gasteiger partial charge on any atom is 0.303 e. The molecule has 0 aliphatic carbocycles. The minimum Gasteiger partial charge on any atom is -0.497 e. The van der Waals surface area contributed by atoms with Crippen molar-refractivity contribution in [2.45, 2.75) is 162 Å². The van der Waals surface area contributed by atoms with Crippen LogP contribution in [-0.4, -0.2) is 51.9 Å². The fourth-order valence-corrected chi connectivity index (χ4v) is 8.72. The van der Waals surface area contributed by atoms with Crippen molar-refractivity contribution in [1.29, 1.82) is 0 Å². The van der Waals surface area contributed by atoms with Gasteiger partial charge in [0, 0.05) is 24.2 Å². The predicted molar refractivity (Wildman–Crippen MR) is 253 cm³/mol. The molecule has 0 bridgehead atoms. The number of carboxylic acids is 1. The second kappa shape index (κ2) is 28.2. The normalized spacial score (nSPS) is 16.1. The Morgan fingerprint density at radius 1 is 0.700 bits per heavy atom. The van der Waals surface area contributed by atoms with Crippen molar-refractivity contribution in [3.8, 4) is 11.5 Å². The van der Waals surface area contributed by atoms with Gasteiger partial charge in [-0.2, -0.15) is 0 Å². The first-order chi connectivity index (χ1) is 28.5. The average molecular weight is 847 g/mol. The molecule has 0 unspecified atom stereocenters. The van der Waals surface area contributed by atoms with Crippen molar-refractivity contribution in [1.82, 2.24) is 0 Å². The number of hydrogen-bond acceptors (Lipinski definition) is 6. The molecule has 7 atom stereocenters. The van der Waals surface area contributed by atoms with E-state index in [4.69, 9.17) is 28.5 Å². The van der Waals surface area contributed by atoms with E-state index in [2.05, 4.69) is 123 Å². The number of allylic oxidation sites excluding steroid dienone is 4. The molecule has 0 saturated heterocycles. The van der Waals surface area contributed by atoms with Crippen molar-refractivity contribution >= 4 is 14.3 Å². The number of carbonyl (C=O) groups is 1. The summed E-state index contributed by atoms with van der Waals surface area (Å²) < 4.78 is 31.6. The van der Waals surface area contributed by atoms with Crippen LogP contribution >= 0.6 is 0 Å². The molecule has 8 heteroatoms. The van der Waals surface area contributed by atoms with Crippen LogP contribution in [0.1, 0.15) is 124 Å². The molecule has 0 spiro atoms. The van der Waals surface area contributed by atoms with E-state index in [9.17, 15) is 4.79 Å². The number of aliphatic carboxylic acids is 1. The van der Waals surface area contributed by atoms with Gasteiger partial charge in [-0.05, 0) is 91.5 Å². The first-order valence-corrected chi connectivity index (χ1v) is 25.4. The molecule has 2 aromatic rings. The summed E-state index contributed by atoms with van der Waals surface area (Å²) in [6.07, 6.45) is 24.7. The van der Waals surface area contributed by atoms with E-state index in [-0.39, 0.29) is 53.4 Å². The molecule has 0 aromatic heterocycles. The number of ether oxygens (including phenoxy) is 4. The molecule has 0 fully saturated rings. The SMILES string of the molecule is C=CC=C[C@H](C)[C@@H](O[Si](C)(C)C(C)(C)C)[C@H](C)[C@@H](CCC=C[C@H](C)[C@@H](OCc1ccc(OC)cc1)[C@@H](C)C=CCCCCCCCCC(=O)O)OCc1ccc(OC)cc1. The fraction of sp³-hybridized carbons (Fsp3) is 0.596. The van der Waals surface area contributed by atoms with Crippen LogP contribution in [0.4, 0.5) is 0 Å². The molecule has 0 amide bonds. The number of methoxy groups -OCH3 is 2. The van der Waals surface area contributed by atoms with Gasteiger partial charge in [0.2, 0.25) is 0 Å². The van der Waals surface area contributed by atoms with E-state index in [0.29, 0.717) is 13.2 Å². The van der Waals surface area contributed by atoms with Gasteiger partial charge in [0.25, 0.3) is 0 Å². The van der Waals surface area contributed by atoms with Crippen molar-refractivity contribution in [2.24, 2.45) is 23.7 Å². The van der Waals surface area contributed by atoms with E-state index >= 15 is 0 Å². The van der Waals surface area contributed by atoms with Gasteiger partial charge >= 0.3 is 5.97 Å². The fourth-order valence-electron chi connectivity index (χ4n) is 7.25. The second-order valence-electron chi connectivity index (χ2n) is 18.2. The highest BCUT2D eigenvalue weighted by atomic mass is 28.4. The standard InChI is InChI=1S/C52H82O7Si/c1-13-14-25-42(4)51(59-60(11,12)52(6,7)8)43(5)48(57-38-44-30-34-46(55-9)35-31-44)28-24-23-27-41(3)50(58-39-45-32-36-47(56-10)37-33-45)40(2)26-21-19-17-15-16-18-20-22-29-49(53)54/h13-14,21,23,25-27,30-37,40-43,48,50-51H,1,15-20,22,24,28-29,38-39H2,2-12H3,(H,53,54)/t40-,41-,42-,43+,48+,50-,51+/m0/s1. The zero-order chi connectivity index (χ0) is 44.6. The lowest BCUT2D eigenvalue weighted by Gasteiger charge is -2.44. The van der Waals surface area contributed by atoms with Crippen LogP contribution in [0.5, 0.6) is 11.5 Å². The third-order valence-electron chi connectivity index (χ3n) is 12.2. The van der Waals surface area contributed by atoms with Crippen molar-refractivity contribution in [3.63, 3.8) is 0 Å². The summed E-state index contributed by atoms with van der Waals surface area (Å²) in [5.41, 5.74) is 2.24. The summed E-state index contributed by atoms with van der Waals surface area (Å²) in [7, 11) is 1.27. The number of rotatable bonds is 31. The maximum atomic E-state index is 10.8. The van der Waals surface area contributed by atoms with Crippen molar-refractivity contribution < 1.29 is 33.3 Å². The summed E-state index contributed by atoms with van der Waals surface area (Å²) in [4.78, 5) is 10.8. The van der Waals surface area contributed by atoms with E-state index in [1.807, 2.05) is 36.4 Å². The van der Waals surface area contributed by atoms with Gasteiger partial charge in [-0.15, -0.1) is 0 Å². The topological polar surface area (TPSA) is 83.5 Å². The minimum atomic E-state index is -2.10. The van der Waals surface area contributed by atoms with Crippen LogP contribution in [0.15, 0.2) is 97.6 Å². The summed E-state index contributed by atoms with van der Waals surface area (Å²) in [5, 5.41) is 8.94. The Morgan fingerprint density at radius 2 is 1.18 bits per heavy atom. The summed E-state index contributed by atoms with van der Waals surface area (Å²) in [6.45, 7) is 25.6. The number of carboxylic acid groups (broad SMARTS) is 1. The van der Waals surface area contributed by atoms with Crippen LogP contribution in [-0.2, 0) is 31.9 Å². The van der Waals surface area contributed by atoms with Crippen LogP contribution in [0.3, 0.4) is 0 Å². The number of benzene rings is 2. The zero-order valence-corrected chi connectivity index (χ0v) is 40.3. The first-order valence-electron chi connectivity index (χ1n) is 22.5. The Labute approximate surface area is 366 Å². The Bertz CT molecular complexity index is 1560. The van der Waals surface area contributed by atoms with Gasteiger partial charge in [-0.1, -0.05) is 148 Å². The van der Waals surface area contributed by atoms with Gasteiger partial charge in [0.05, 0.1) is 45.7 Å². The predicted octanol–water partition coefficient (Wildman–Crippen LogP) is 13.9. The molecule has 60 heavy (non-hydrogen) atoms. The van der Waals surface area contributed by atoms with Gasteiger partial charge in [0.15, 0.2) is 8.32 Å². The molecule has 336 valence electrons. The third-order valence-corrected chi connectivity index (χ3v) is 16.7. The lowest BCUT2D eigenvalue weighted by atomic mass is 9.86. The number of unbranched alkanes of at least 4 members (excludes halogenated alkanes) is 6. The van der Waals surface area contributed by atoms with Gasteiger partial charge in [0.1, 0.15) is 11.5 Å².